The summed E-state index contributed by atoms with van der Waals surface area (Å²) < 4.78 is 1.47. The van der Waals surface area contributed by atoms with Crippen LogP contribution in [0, 0.1) is 0 Å². The normalized spacial score (nSPS) is 11.0. The van der Waals surface area contributed by atoms with Gasteiger partial charge in [-0.15, -0.1) is 0 Å². The molecule has 2 rings (SSSR count). The summed E-state index contributed by atoms with van der Waals surface area (Å²) in [6.45, 7) is 8.22. The molecule has 2 N–H and O–H groups in total. The smallest absolute Gasteiger partial charge is 0.326 e. The standard InChI is InChI=1S/C18H26N4O2/c1-3-21(4-2)12-8-11-19-17(23)16-13-20-18(24)22(16)14-15-9-6-5-7-10-15/h5-7,9-10,13H,3-4,8,11-12,14H2,1-2H3,(H,19,23)(H,20,24). The number of nitrogens with one attached hydrogen (secondary N) is 2. The molecule has 2 aromatic rings. The maximum Gasteiger partial charge on any atom is 0.326 e. The molecule has 0 bridgehead atoms. The number of nitrogens with zero attached hydrogens (tertiary/aromatic N) is 2. The van der Waals surface area contributed by atoms with E-state index in [1.807, 2.05) is 30.3 Å². The quantitative estimate of drug-likeness (QED) is 0.687. The van der Waals surface area contributed by atoms with Crippen LogP contribution in [0.2, 0.25) is 0 Å². The molecule has 24 heavy (non-hydrogen) atoms. The van der Waals surface area contributed by atoms with Crippen LogP contribution in [0.25, 0.3) is 0 Å². The van der Waals surface area contributed by atoms with Gasteiger partial charge in [0.05, 0.1) is 6.54 Å². The Labute approximate surface area is 142 Å². The summed E-state index contributed by atoms with van der Waals surface area (Å²) in [5, 5.41) is 2.90. The highest BCUT2D eigenvalue weighted by molar-refractivity contribution is 5.92. The van der Waals surface area contributed by atoms with Gasteiger partial charge < -0.3 is 15.2 Å². The van der Waals surface area contributed by atoms with Crippen molar-refractivity contribution in [3.8, 4) is 0 Å². The van der Waals surface area contributed by atoms with E-state index in [2.05, 4.69) is 29.0 Å². The van der Waals surface area contributed by atoms with Crippen LogP contribution >= 0.6 is 0 Å². The average molecular weight is 330 g/mol. The van der Waals surface area contributed by atoms with Gasteiger partial charge in [0, 0.05) is 12.7 Å². The Morgan fingerprint density at radius 3 is 2.58 bits per heavy atom. The molecule has 0 aliphatic rings. The maximum absolute atomic E-state index is 12.3. The number of imidazole rings is 1. The molecule has 0 atom stereocenters. The van der Waals surface area contributed by atoms with E-state index in [-0.39, 0.29) is 11.6 Å². The summed E-state index contributed by atoms with van der Waals surface area (Å²) in [5.41, 5.74) is 1.08. The lowest BCUT2D eigenvalue weighted by molar-refractivity contribution is 0.0942. The van der Waals surface area contributed by atoms with Gasteiger partial charge in [-0.05, 0) is 31.6 Å². The zero-order valence-electron chi connectivity index (χ0n) is 14.4. The number of amides is 1. The van der Waals surface area contributed by atoms with E-state index < -0.39 is 0 Å². The van der Waals surface area contributed by atoms with Gasteiger partial charge in [-0.2, -0.15) is 0 Å². The zero-order valence-corrected chi connectivity index (χ0v) is 14.4. The Morgan fingerprint density at radius 1 is 1.21 bits per heavy atom. The van der Waals surface area contributed by atoms with E-state index >= 15 is 0 Å². The van der Waals surface area contributed by atoms with E-state index in [9.17, 15) is 9.59 Å². The third-order valence-electron chi connectivity index (χ3n) is 4.12. The predicted octanol–water partition coefficient (Wildman–Crippen LogP) is 1.69. The number of carbonyl (C=O) groups is 1. The van der Waals surface area contributed by atoms with Gasteiger partial charge in [0.25, 0.3) is 5.91 Å². The number of H-pyrrole nitrogens is 1. The van der Waals surface area contributed by atoms with Crippen LogP contribution in [0.5, 0.6) is 0 Å². The minimum Gasteiger partial charge on any atom is -0.351 e. The van der Waals surface area contributed by atoms with Gasteiger partial charge in [0.15, 0.2) is 0 Å². The molecule has 130 valence electrons. The minimum atomic E-state index is -0.271. The van der Waals surface area contributed by atoms with E-state index in [1.165, 1.54) is 10.8 Å². The van der Waals surface area contributed by atoms with E-state index in [4.69, 9.17) is 0 Å². The molecular formula is C18H26N4O2. The molecule has 6 nitrogen and oxygen atoms in total. The van der Waals surface area contributed by atoms with Crippen molar-refractivity contribution in [3.63, 3.8) is 0 Å². The van der Waals surface area contributed by atoms with Crippen LogP contribution in [-0.4, -0.2) is 46.5 Å². The number of hydrogen-bond acceptors (Lipinski definition) is 3. The van der Waals surface area contributed by atoms with Gasteiger partial charge in [-0.1, -0.05) is 44.2 Å². The molecule has 0 saturated carbocycles. The first-order chi connectivity index (χ1) is 11.7. The summed E-state index contributed by atoms with van der Waals surface area (Å²) in [7, 11) is 0. The molecule has 1 amide bonds. The molecular weight excluding hydrogens is 304 g/mol. The van der Waals surface area contributed by atoms with Crippen molar-refractivity contribution in [2.75, 3.05) is 26.2 Å². The molecule has 0 spiro atoms. The van der Waals surface area contributed by atoms with Crippen LogP contribution in [0.1, 0.15) is 36.3 Å². The summed E-state index contributed by atoms with van der Waals surface area (Å²) in [6, 6.07) is 9.63. The lowest BCUT2D eigenvalue weighted by atomic mass is 10.2. The second kappa shape index (κ2) is 9.08. The van der Waals surface area contributed by atoms with Crippen molar-refractivity contribution in [2.24, 2.45) is 0 Å². The van der Waals surface area contributed by atoms with Crippen LogP contribution in [0.4, 0.5) is 0 Å². The summed E-state index contributed by atoms with van der Waals surface area (Å²) >= 11 is 0. The Balaban J connectivity index is 1.94. The molecule has 1 aromatic heterocycles. The number of benzene rings is 1. The van der Waals surface area contributed by atoms with E-state index in [0.717, 1.165) is 31.6 Å². The number of rotatable bonds is 9. The Hall–Kier alpha value is -2.34. The second-order valence-corrected chi connectivity index (χ2v) is 5.69. The highest BCUT2D eigenvalue weighted by atomic mass is 16.2. The molecule has 0 fully saturated rings. The highest BCUT2D eigenvalue weighted by Gasteiger charge is 2.14. The highest BCUT2D eigenvalue weighted by Crippen LogP contribution is 2.04. The van der Waals surface area contributed by atoms with Crippen molar-refractivity contribution < 1.29 is 4.79 Å². The summed E-state index contributed by atoms with van der Waals surface area (Å²) in [5.74, 6) is -0.219. The lowest BCUT2D eigenvalue weighted by Crippen LogP contribution is -2.32. The van der Waals surface area contributed by atoms with Crippen molar-refractivity contribution in [2.45, 2.75) is 26.8 Å². The first-order valence-electron chi connectivity index (χ1n) is 8.48. The van der Waals surface area contributed by atoms with E-state index in [1.54, 1.807) is 0 Å². The van der Waals surface area contributed by atoms with Crippen molar-refractivity contribution in [1.29, 1.82) is 0 Å². The maximum atomic E-state index is 12.3. The van der Waals surface area contributed by atoms with Crippen molar-refractivity contribution >= 4 is 5.91 Å². The van der Waals surface area contributed by atoms with Crippen LogP contribution in [-0.2, 0) is 6.54 Å². The first kappa shape index (κ1) is 18.0. The minimum absolute atomic E-state index is 0.219. The molecule has 1 heterocycles. The van der Waals surface area contributed by atoms with Crippen molar-refractivity contribution in [3.05, 3.63) is 58.3 Å². The number of aromatic amines is 1. The molecule has 0 unspecified atom stereocenters. The molecule has 1 aromatic carbocycles. The largest absolute Gasteiger partial charge is 0.351 e. The third-order valence-corrected chi connectivity index (χ3v) is 4.12. The Morgan fingerprint density at radius 2 is 1.92 bits per heavy atom. The van der Waals surface area contributed by atoms with E-state index in [0.29, 0.717) is 18.8 Å². The van der Waals surface area contributed by atoms with Gasteiger partial charge in [-0.25, -0.2) is 4.79 Å². The third kappa shape index (κ3) is 4.83. The average Bonchev–Trinajstić information content (AvgIpc) is 2.96. The topological polar surface area (TPSA) is 70.1 Å². The second-order valence-electron chi connectivity index (χ2n) is 5.69. The predicted molar refractivity (Wildman–Crippen MR) is 95.3 cm³/mol. The number of carbonyl (C=O) groups excluding carboxylic acids is 1. The Kier molecular flexibility index (Phi) is 6.81. The van der Waals surface area contributed by atoms with Crippen LogP contribution in [0.3, 0.4) is 0 Å². The van der Waals surface area contributed by atoms with Gasteiger partial charge >= 0.3 is 5.69 Å². The van der Waals surface area contributed by atoms with Gasteiger partial charge in [-0.3, -0.25) is 9.36 Å². The van der Waals surface area contributed by atoms with Crippen LogP contribution in [0.15, 0.2) is 41.3 Å². The molecule has 0 saturated heterocycles. The fourth-order valence-corrected chi connectivity index (χ4v) is 2.64. The summed E-state index contributed by atoms with van der Waals surface area (Å²) in [4.78, 5) is 29.2. The van der Waals surface area contributed by atoms with Crippen LogP contribution < -0.4 is 11.0 Å². The molecule has 0 aliphatic carbocycles. The molecule has 0 radical (unpaired) electrons. The fourth-order valence-electron chi connectivity index (χ4n) is 2.64. The summed E-state index contributed by atoms with van der Waals surface area (Å²) in [6.07, 6.45) is 2.37. The SMILES string of the molecule is CCN(CC)CCCNC(=O)c1c[nH]c(=O)n1Cc1ccccc1. The van der Waals surface area contributed by atoms with Gasteiger partial charge in [0.2, 0.25) is 0 Å². The number of hydrogen-bond donors (Lipinski definition) is 2. The number of aromatic nitrogens is 2. The fraction of sp³-hybridized carbons (Fsp3) is 0.444. The molecule has 6 heteroatoms. The zero-order chi connectivity index (χ0) is 17.4. The van der Waals surface area contributed by atoms with Crippen molar-refractivity contribution in [1.82, 2.24) is 19.8 Å². The lowest BCUT2D eigenvalue weighted by Gasteiger charge is -2.17. The van der Waals surface area contributed by atoms with Gasteiger partial charge in [0.1, 0.15) is 5.69 Å². The first-order valence-corrected chi connectivity index (χ1v) is 8.48. The monoisotopic (exact) mass is 330 g/mol. The molecule has 0 aliphatic heterocycles. The Bertz CT molecular complexity index is 687.